The van der Waals surface area contributed by atoms with Crippen LogP contribution in [0.2, 0.25) is 0 Å². The molecule has 1 heterocycles. The molecule has 1 rings (SSSR count). The minimum absolute atomic E-state index is 0.0760. The average Bonchev–Trinajstić information content (AvgIpc) is 2.29. The van der Waals surface area contributed by atoms with Crippen molar-refractivity contribution in [1.29, 1.82) is 0 Å². The summed E-state index contributed by atoms with van der Waals surface area (Å²) in [6.45, 7) is 4.04. The van der Waals surface area contributed by atoms with Gasteiger partial charge in [-0.05, 0) is 13.3 Å². The van der Waals surface area contributed by atoms with Gasteiger partial charge >= 0.3 is 0 Å². The van der Waals surface area contributed by atoms with E-state index in [4.69, 9.17) is 5.73 Å². The Labute approximate surface area is 101 Å². The Bertz CT molecular complexity index is 405. The summed E-state index contributed by atoms with van der Waals surface area (Å²) in [6, 6.07) is 0. The topological polar surface area (TPSA) is 92.9 Å². The summed E-state index contributed by atoms with van der Waals surface area (Å²) in [5.41, 5.74) is 5.98. The van der Waals surface area contributed by atoms with E-state index in [1.807, 2.05) is 14.0 Å². The van der Waals surface area contributed by atoms with Gasteiger partial charge in [0.05, 0.1) is 6.54 Å². The first-order valence-electron chi connectivity index (χ1n) is 5.65. The monoisotopic (exact) mass is 237 g/mol. The van der Waals surface area contributed by atoms with Crippen molar-refractivity contribution in [3.63, 3.8) is 0 Å². The van der Waals surface area contributed by atoms with Crippen LogP contribution in [0.5, 0.6) is 0 Å². The molecule has 0 saturated heterocycles. The molecule has 0 aliphatic heterocycles. The number of primary amides is 1. The molecule has 0 bridgehead atoms. The van der Waals surface area contributed by atoms with Gasteiger partial charge < -0.3 is 16.4 Å². The molecule has 0 aliphatic rings. The summed E-state index contributed by atoms with van der Waals surface area (Å²) in [7, 11) is 1.81. The smallest absolute Gasteiger partial charge is 0.236 e. The van der Waals surface area contributed by atoms with E-state index in [0.717, 1.165) is 30.0 Å². The molecule has 6 nitrogen and oxygen atoms in total. The van der Waals surface area contributed by atoms with Crippen molar-refractivity contribution in [1.82, 2.24) is 9.97 Å². The molecule has 4 N–H and O–H groups in total. The number of carbonyl (C=O) groups excluding carboxylic acids is 1. The lowest BCUT2D eigenvalue weighted by Crippen LogP contribution is -2.23. The standard InChI is InChI=1S/C11H19N5O/c1-4-5-9-15-10(13-3)7(2)11(16-9)14-6-8(12)17/h4-6H2,1-3H3,(H2,12,17)(H2,13,14,15,16). The van der Waals surface area contributed by atoms with Gasteiger partial charge in [0.2, 0.25) is 5.91 Å². The predicted molar refractivity (Wildman–Crippen MR) is 68.0 cm³/mol. The number of nitrogens with two attached hydrogens (primary N) is 1. The fraction of sp³-hybridized carbons (Fsp3) is 0.545. The first kappa shape index (κ1) is 13.2. The Morgan fingerprint density at radius 2 is 2.00 bits per heavy atom. The van der Waals surface area contributed by atoms with E-state index in [1.54, 1.807) is 0 Å². The molecule has 0 spiro atoms. The number of nitrogens with zero attached hydrogens (tertiary/aromatic N) is 2. The number of hydrogen-bond acceptors (Lipinski definition) is 5. The number of aryl methyl sites for hydroxylation is 1. The molecule has 17 heavy (non-hydrogen) atoms. The molecule has 0 saturated carbocycles. The van der Waals surface area contributed by atoms with Crippen molar-refractivity contribution in [2.45, 2.75) is 26.7 Å². The van der Waals surface area contributed by atoms with Crippen molar-refractivity contribution >= 4 is 17.5 Å². The third-order valence-electron chi connectivity index (χ3n) is 2.33. The lowest BCUT2D eigenvalue weighted by Gasteiger charge is -2.12. The minimum Gasteiger partial charge on any atom is -0.373 e. The number of hydrogen-bond donors (Lipinski definition) is 3. The number of amides is 1. The number of anilines is 2. The zero-order valence-corrected chi connectivity index (χ0v) is 10.5. The van der Waals surface area contributed by atoms with Crippen molar-refractivity contribution in [3.8, 4) is 0 Å². The van der Waals surface area contributed by atoms with Crippen molar-refractivity contribution in [2.24, 2.45) is 5.73 Å². The van der Waals surface area contributed by atoms with E-state index in [-0.39, 0.29) is 6.54 Å². The van der Waals surface area contributed by atoms with E-state index in [0.29, 0.717) is 5.82 Å². The normalized spacial score (nSPS) is 10.1. The predicted octanol–water partition coefficient (Wildman–Crippen LogP) is 0.676. The first-order valence-corrected chi connectivity index (χ1v) is 5.65. The van der Waals surface area contributed by atoms with Crippen LogP contribution in [0.1, 0.15) is 24.7 Å². The van der Waals surface area contributed by atoms with Crippen LogP contribution in [-0.2, 0) is 11.2 Å². The second-order valence-corrected chi connectivity index (χ2v) is 3.78. The lowest BCUT2D eigenvalue weighted by molar-refractivity contribution is -0.116. The summed E-state index contributed by atoms with van der Waals surface area (Å²) >= 11 is 0. The summed E-state index contributed by atoms with van der Waals surface area (Å²) in [5, 5.41) is 5.94. The highest BCUT2D eigenvalue weighted by molar-refractivity contribution is 5.79. The zero-order chi connectivity index (χ0) is 12.8. The largest absolute Gasteiger partial charge is 0.373 e. The number of rotatable bonds is 6. The maximum atomic E-state index is 10.7. The summed E-state index contributed by atoms with van der Waals surface area (Å²) in [6.07, 6.45) is 1.78. The highest BCUT2D eigenvalue weighted by atomic mass is 16.1. The Balaban J connectivity index is 2.99. The Morgan fingerprint density at radius 1 is 1.35 bits per heavy atom. The highest BCUT2D eigenvalue weighted by Crippen LogP contribution is 2.19. The van der Waals surface area contributed by atoms with Crippen molar-refractivity contribution < 1.29 is 4.79 Å². The molecule has 0 aromatic carbocycles. The van der Waals surface area contributed by atoms with Crippen LogP contribution in [0.15, 0.2) is 0 Å². The number of nitrogens with one attached hydrogen (secondary N) is 2. The summed E-state index contributed by atoms with van der Waals surface area (Å²) in [4.78, 5) is 19.5. The molecule has 0 aliphatic carbocycles. The van der Waals surface area contributed by atoms with Gasteiger partial charge in [-0.2, -0.15) is 0 Å². The van der Waals surface area contributed by atoms with Crippen LogP contribution in [0.3, 0.4) is 0 Å². The molecule has 1 aromatic rings. The van der Waals surface area contributed by atoms with Gasteiger partial charge in [0.1, 0.15) is 17.5 Å². The van der Waals surface area contributed by atoms with Gasteiger partial charge in [0, 0.05) is 19.0 Å². The van der Waals surface area contributed by atoms with Crippen LogP contribution in [-0.4, -0.2) is 29.5 Å². The maximum Gasteiger partial charge on any atom is 0.236 e. The molecule has 0 unspecified atom stereocenters. The quantitative estimate of drug-likeness (QED) is 0.676. The number of carbonyl (C=O) groups is 1. The molecule has 0 atom stereocenters. The zero-order valence-electron chi connectivity index (χ0n) is 10.5. The van der Waals surface area contributed by atoms with Crippen molar-refractivity contribution in [2.75, 3.05) is 24.2 Å². The SMILES string of the molecule is CCCc1nc(NC)c(C)c(NCC(N)=O)n1. The lowest BCUT2D eigenvalue weighted by atomic mass is 10.2. The minimum atomic E-state index is -0.411. The van der Waals surface area contributed by atoms with Crippen LogP contribution < -0.4 is 16.4 Å². The third kappa shape index (κ3) is 3.58. The fourth-order valence-corrected chi connectivity index (χ4v) is 1.48. The second-order valence-electron chi connectivity index (χ2n) is 3.78. The van der Waals surface area contributed by atoms with Crippen LogP contribution >= 0.6 is 0 Å². The van der Waals surface area contributed by atoms with Gasteiger partial charge in [-0.25, -0.2) is 9.97 Å². The van der Waals surface area contributed by atoms with Crippen LogP contribution in [0.25, 0.3) is 0 Å². The summed E-state index contributed by atoms with van der Waals surface area (Å²) in [5.74, 6) is 1.78. The van der Waals surface area contributed by atoms with E-state index in [2.05, 4.69) is 27.5 Å². The van der Waals surface area contributed by atoms with Crippen LogP contribution in [0.4, 0.5) is 11.6 Å². The highest BCUT2D eigenvalue weighted by Gasteiger charge is 2.09. The second kappa shape index (κ2) is 6.03. The molecular formula is C11H19N5O. The number of aromatic nitrogens is 2. The Hall–Kier alpha value is -1.85. The van der Waals surface area contributed by atoms with Gasteiger partial charge in [-0.1, -0.05) is 6.92 Å². The van der Waals surface area contributed by atoms with Gasteiger partial charge in [0.15, 0.2) is 0 Å². The van der Waals surface area contributed by atoms with E-state index in [9.17, 15) is 4.79 Å². The molecule has 0 fully saturated rings. The van der Waals surface area contributed by atoms with E-state index < -0.39 is 5.91 Å². The molecular weight excluding hydrogens is 218 g/mol. The van der Waals surface area contributed by atoms with Gasteiger partial charge in [-0.3, -0.25) is 4.79 Å². The molecule has 6 heteroatoms. The fourth-order valence-electron chi connectivity index (χ4n) is 1.48. The Kier molecular flexibility index (Phi) is 4.68. The van der Waals surface area contributed by atoms with Crippen molar-refractivity contribution in [3.05, 3.63) is 11.4 Å². The van der Waals surface area contributed by atoms with E-state index in [1.165, 1.54) is 0 Å². The van der Waals surface area contributed by atoms with E-state index >= 15 is 0 Å². The molecule has 1 aromatic heterocycles. The molecule has 0 radical (unpaired) electrons. The maximum absolute atomic E-state index is 10.7. The van der Waals surface area contributed by atoms with Gasteiger partial charge in [-0.15, -0.1) is 0 Å². The van der Waals surface area contributed by atoms with Crippen LogP contribution in [0, 0.1) is 6.92 Å². The molecule has 94 valence electrons. The summed E-state index contributed by atoms with van der Waals surface area (Å²) < 4.78 is 0. The first-order chi connectivity index (χ1) is 8.08. The molecule has 1 amide bonds. The third-order valence-corrected chi connectivity index (χ3v) is 2.33. The van der Waals surface area contributed by atoms with Gasteiger partial charge in [0.25, 0.3) is 0 Å². The average molecular weight is 237 g/mol. The Morgan fingerprint density at radius 3 is 2.53 bits per heavy atom.